The molecule has 0 bridgehead atoms. The lowest BCUT2D eigenvalue weighted by atomic mass is 9.99. The fourth-order valence-corrected chi connectivity index (χ4v) is 4.87. The fourth-order valence-electron chi connectivity index (χ4n) is 4.10. The Hall–Kier alpha value is -1.24. The summed E-state index contributed by atoms with van der Waals surface area (Å²) in [5.41, 5.74) is 1.40. The second-order valence-electron chi connectivity index (χ2n) is 7.83. The van der Waals surface area contributed by atoms with E-state index < -0.39 is 0 Å². The highest BCUT2D eigenvalue weighted by molar-refractivity contribution is 8.00. The van der Waals surface area contributed by atoms with Gasteiger partial charge in [-0.25, -0.2) is 0 Å². The van der Waals surface area contributed by atoms with Crippen LogP contribution in [0.5, 0.6) is 0 Å². The number of likely N-dealkylation sites (tertiary alicyclic amines) is 1. The molecule has 0 saturated carbocycles. The maximum Gasteiger partial charge on any atom is 0.191 e. The lowest BCUT2D eigenvalue weighted by Crippen LogP contribution is -2.45. The molecule has 0 aliphatic carbocycles. The van der Waals surface area contributed by atoms with E-state index in [0.717, 1.165) is 58.2 Å². The van der Waals surface area contributed by atoms with Gasteiger partial charge in [-0.05, 0) is 51.0 Å². The van der Waals surface area contributed by atoms with E-state index in [9.17, 15) is 0 Å². The minimum absolute atomic E-state index is 0.229. The Kier molecular flexibility index (Phi) is 8.49. The van der Waals surface area contributed by atoms with Gasteiger partial charge < -0.3 is 15.4 Å². The summed E-state index contributed by atoms with van der Waals surface area (Å²) >= 11 is 1.95. The molecule has 2 heterocycles. The van der Waals surface area contributed by atoms with E-state index in [0.29, 0.717) is 6.04 Å². The minimum Gasteiger partial charge on any atom is -0.381 e. The molecule has 6 heteroatoms. The number of benzene rings is 1. The van der Waals surface area contributed by atoms with E-state index in [1.165, 1.54) is 24.9 Å². The zero-order valence-corrected chi connectivity index (χ0v) is 18.3. The van der Waals surface area contributed by atoms with Gasteiger partial charge in [-0.3, -0.25) is 9.89 Å². The number of aliphatic imine (C=N–C) groups is 1. The van der Waals surface area contributed by atoms with E-state index in [2.05, 4.69) is 59.0 Å². The molecule has 1 unspecified atom stereocenters. The molecule has 1 aromatic carbocycles. The first-order valence-corrected chi connectivity index (χ1v) is 11.9. The van der Waals surface area contributed by atoms with Gasteiger partial charge in [-0.15, -0.1) is 0 Å². The predicted molar refractivity (Wildman–Crippen MR) is 120 cm³/mol. The second kappa shape index (κ2) is 11.1. The molecule has 2 fully saturated rings. The molecule has 3 rings (SSSR count). The maximum atomic E-state index is 5.56. The number of nitrogens with zero attached hydrogens (tertiary/aromatic N) is 2. The van der Waals surface area contributed by atoms with Crippen LogP contribution in [-0.4, -0.2) is 67.3 Å². The average Bonchev–Trinajstić information content (AvgIpc) is 3.18. The quantitative estimate of drug-likeness (QED) is 0.515. The Morgan fingerprint density at radius 2 is 2.04 bits per heavy atom. The van der Waals surface area contributed by atoms with Crippen molar-refractivity contribution in [2.45, 2.75) is 49.9 Å². The van der Waals surface area contributed by atoms with Crippen LogP contribution < -0.4 is 10.6 Å². The minimum atomic E-state index is 0.229. The SMILES string of the molecule is CCNC(=NCC1(SC)CCOCC1)NCC1CCCN1Cc1ccccc1. The van der Waals surface area contributed by atoms with Crippen LogP contribution in [0.15, 0.2) is 35.3 Å². The number of thioether (sulfide) groups is 1. The summed E-state index contributed by atoms with van der Waals surface area (Å²) in [6.45, 7) is 8.76. The van der Waals surface area contributed by atoms with E-state index in [4.69, 9.17) is 9.73 Å². The number of nitrogens with one attached hydrogen (secondary N) is 2. The number of ether oxygens (including phenoxy) is 1. The van der Waals surface area contributed by atoms with Crippen molar-refractivity contribution in [1.29, 1.82) is 0 Å². The van der Waals surface area contributed by atoms with Crippen LogP contribution in [0.3, 0.4) is 0 Å². The zero-order valence-electron chi connectivity index (χ0n) is 17.5. The van der Waals surface area contributed by atoms with E-state index in [-0.39, 0.29) is 4.75 Å². The van der Waals surface area contributed by atoms with Crippen LogP contribution >= 0.6 is 11.8 Å². The van der Waals surface area contributed by atoms with Crippen molar-refractivity contribution < 1.29 is 4.74 Å². The molecule has 0 aromatic heterocycles. The van der Waals surface area contributed by atoms with Gasteiger partial charge in [-0.1, -0.05) is 30.3 Å². The van der Waals surface area contributed by atoms with Gasteiger partial charge >= 0.3 is 0 Å². The third-order valence-corrected chi connectivity index (χ3v) is 7.34. The van der Waals surface area contributed by atoms with Gasteiger partial charge in [0.2, 0.25) is 0 Å². The van der Waals surface area contributed by atoms with Gasteiger partial charge in [0.15, 0.2) is 5.96 Å². The number of guanidine groups is 1. The van der Waals surface area contributed by atoms with E-state index >= 15 is 0 Å². The van der Waals surface area contributed by atoms with Crippen molar-refractivity contribution in [3.63, 3.8) is 0 Å². The first-order chi connectivity index (χ1) is 13.7. The molecule has 5 nitrogen and oxygen atoms in total. The van der Waals surface area contributed by atoms with Crippen molar-refractivity contribution in [2.24, 2.45) is 4.99 Å². The Bertz CT molecular complexity index is 604. The molecule has 1 aromatic rings. The third-order valence-electron chi connectivity index (χ3n) is 5.94. The number of hydrogen-bond acceptors (Lipinski definition) is 4. The monoisotopic (exact) mass is 404 g/mol. The molecular weight excluding hydrogens is 368 g/mol. The van der Waals surface area contributed by atoms with Crippen LogP contribution in [0.25, 0.3) is 0 Å². The van der Waals surface area contributed by atoms with Crippen LogP contribution in [0.2, 0.25) is 0 Å². The van der Waals surface area contributed by atoms with Crippen molar-refractivity contribution in [3.8, 4) is 0 Å². The maximum absolute atomic E-state index is 5.56. The second-order valence-corrected chi connectivity index (χ2v) is 9.10. The predicted octanol–water partition coefficient (Wildman–Crippen LogP) is 3.12. The summed E-state index contributed by atoms with van der Waals surface area (Å²) in [6.07, 6.45) is 6.92. The summed E-state index contributed by atoms with van der Waals surface area (Å²) < 4.78 is 5.79. The smallest absolute Gasteiger partial charge is 0.191 e. The summed E-state index contributed by atoms with van der Waals surface area (Å²) in [6, 6.07) is 11.4. The first kappa shape index (κ1) is 21.5. The molecule has 28 heavy (non-hydrogen) atoms. The van der Waals surface area contributed by atoms with Gasteiger partial charge in [0.1, 0.15) is 0 Å². The van der Waals surface area contributed by atoms with Crippen LogP contribution in [0, 0.1) is 0 Å². The normalized spacial score (nSPS) is 22.9. The summed E-state index contributed by atoms with van der Waals surface area (Å²) in [5.74, 6) is 0.953. The number of rotatable bonds is 8. The molecule has 2 aliphatic rings. The molecule has 2 aliphatic heterocycles. The summed E-state index contributed by atoms with van der Waals surface area (Å²) in [7, 11) is 0. The standard InChI is InChI=1S/C22H36N4OS/c1-3-23-21(25-18-22(28-2)11-14-27-15-12-22)24-16-20-10-7-13-26(20)17-19-8-5-4-6-9-19/h4-6,8-9,20H,3,7,10-18H2,1-2H3,(H2,23,24,25). The lowest BCUT2D eigenvalue weighted by Gasteiger charge is -2.34. The highest BCUT2D eigenvalue weighted by atomic mass is 32.2. The van der Waals surface area contributed by atoms with Crippen LogP contribution in [0.4, 0.5) is 0 Å². The first-order valence-electron chi connectivity index (χ1n) is 10.7. The Labute approximate surface area is 174 Å². The Morgan fingerprint density at radius 3 is 2.75 bits per heavy atom. The van der Waals surface area contributed by atoms with E-state index in [1.54, 1.807) is 0 Å². The van der Waals surface area contributed by atoms with Crippen molar-refractivity contribution in [3.05, 3.63) is 35.9 Å². The highest BCUT2D eigenvalue weighted by Crippen LogP contribution is 2.34. The third kappa shape index (κ3) is 6.13. The largest absolute Gasteiger partial charge is 0.381 e. The topological polar surface area (TPSA) is 48.9 Å². The molecule has 1 atom stereocenters. The Morgan fingerprint density at radius 1 is 1.25 bits per heavy atom. The Balaban J connectivity index is 1.54. The summed E-state index contributed by atoms with van der Waals surface area (Å²) in [4.78, 5) is 7.55. The van der Waals surface area contributed by atoms with Gasteiger partial charge in [0, 0.05) is 43.6 Å². The fraction of sp³-hybridized carbons (Fsp3) is 0.682. The lowest BCUT2D eigenvalue weighted by molar-refractivity contribution is 0.0794. The summed E-state index contributed by atoms with van der Waals surface area (Å²) in [5, 5.41) is 7.05. The highest BCUT2D eigenvalue weighted by Gasteiger charge is 2.31. The molecule has 0 radical (unpaired) electrons. The van der Waals surface area contributed by atoms with Gasteiger partial charge in [-0.2, -0.15) is 11.8 Å². The van der Waals surface area contributed by atoms with Crippen LogP contribution in [0.1, 0.15) is 38.2 Å². The van der Waals surface area contributed by atoms with Crippen molar-refractivity contribution in [1.82, 2.24) is 15.5 Å². The van der Waals surface area contributed by atoms with Gasteiger partial charge in [0.05, 0.1) is 6.54 Å². The zero-order chi connectivity index (χ0) is 19.7. The molecule has 2 N–H and O–H groups in total. The van der Waals surface area contributed by atoms with Crippen molar-refractivity contribution in [2.75, 3.05) is 45.6 Å². The molecular formula is C22H36N4OS. The average molecular weight is 405 g/mol. The molecule has 0 spiro atoms. The van der Waals surface area contributed by atoms with E-state index in [1.807, 2.05) is 11.8 Å². The van der Waals surface area contributed by atoms with Gasteiger partial charge in [0.25, 0.3) is 0 Å². The van der Waals surface area contributed by atoms with Crippen molar-refractivity contribution >= 4 is 17.7 Å². The molecule has 156 valence electrons. The molecule has 2 saturated heterocycles. The van der Waals surface area contributed by atoms with Crippen LogP contribution in [-0.2, 0) is 11.3 Å². The molecule has 0 amide bonds. The number of hydrogen-bond donors (Lipinski definition) is 2.